The van der Waals surface area contributed by atoms with Crippen molar-refractivity contribution in [1.82, 2.24) is 10.6 Å². The Balaban J connectivity index is 1.80. The number of hydrogen-bond donors (Lipinski definition) is 3. The molecule has 1 aromatic rings. The minimum Gasteiger partial charge on any atom is -0.481 e. The Kier molecular flexibility index (Phi) is 5.00. The average molecular weight is 296 g/mol. The topological polar surface area (TPSA) is 78.4 Å². The Labute approximate surface area is 122 Å². The fourth-order valence-corrected chi connectivity index (χ4v) is 3.23. The van der Waals surface area contributed by atoms with Gasteiger partial charge in [-0.05, 0) is 24.3 Å². The summed E-state index contributed by atoms with van der Waals surface area (Å²) in [6.07, 6.45) is 4.22. The van der Waals surface area contributed by atoms with Crippen molar-refractivity contribution in [3.63, 3.8) is 0 Å². The minimum atomic E-state index is -0.796. The van der Waals surface area contributed by atoms with E-state index < -0.39 is 11.4 Å². The highest BCUT2D eigenvalue weighted by molar-refractivity contribution is 7.09. The average Bonchev–Trinajstić information content (AvgIpc) is 2.97. The summed E-state index contributed by atoms with van der Waals surface area (Å²) in [5.41, 5.74) is -0.779. The van der Waals surface area contributed by atoms with Crippen LogP contribution in [-0.2, 0) is 11.3 Å². The van der Waals surface area contributed by atoms with Crippen molar-refractivity contribution in [2.75, 3.05) is 6.54 Å². The van der Waals surface area contributed by atoms with Gasteiger partial charge in [-0.15, -0.1) is 11.3 Å². The number of carboxylic acids is 1. The molecule has 1 heterocycles. The van der Waals surface area contributed by atoms with Crippen LogP contribution >= 0.6 is 11.3 Å². The van der Waals surface area contributed by atoms with E-state index in [1.165, 1.54) is 0 Å². The standard InChI is InChI=1S/C14H20N2O3S/c17-12(18)14(6-2-1-3-7-14)10-16-13(19)15-9-11-5-4-8-20-11/h4-5,8H,1-3,6-7,9-10H2,(H,17,18)(H2,15,16,19). The molecule has 1 aliphatic carbocycles. The van der Waals surface area contributed by atoms with Crippen molar-refractivity contribution in [1.29, 1.82) is 0 Å². The Morgan fingerprint density at radius 2 is 2.00 bits per heavy atom. The molecule has 2 amide bonds. The van der Waals surface area contributed by atoms with Gasteiger partial charge in [0.2, 0.25) is 0 Å². The van der Waals surface area contributed by atoms with Crippen molar-refractivity contribution in [3.8, 4) is 0 Å². The Morgan fingerprint density at radius 1 is 1.25 bits per heavy atom. The maximum absolute atomic E-state index is 11.7. The number of aliphatic carboxylic acids is 1. The first-order valence-corrected chi connectivity index (χ1v) is 7.78. The van der Waals surface area contributed by atoms with Gasteiger partial charge in [0, 0.05) is 11.4 Å². The van der Waals surface area contributed by atoms with Gasteiger partial charge >= 0.3 is 12.0 Å². The fourth-order valence-electron chi connectivity index (χ4n) is 2.59. The van der Waals surface area contributed by atoms with Gasteiger partial charge in [0.05, 0.1) is 12.0 Å². The molecule has 20 heavy (non-hydrogen) atoms. The molecule has 0 unspecified atom stereocenters. The smallest absolute Gasteiger partial charge is 0.315 e. The van der Waals surface area contributed by atoms with Gasteiger partial charge in [-0.3, -0.25) is 4.79 Å². The maximum atomic E-state index is 11.7. The number of hydrogen-bond acceptors (Lipinski definition) is 3. The molecular formula is C14H20N2O3S. The summed E-state index contributed by atoms with van der Waals surface area (Å²) in [5.74, 6) is -0.796. The number of carbonyl (C=O) groups is 2. The highest BCUT2D eigenvalue weighted by Gasteiger charge is 2.39. The SMILES string of the molecule is O=C(NCc1cccs1)NCC1(C(=O)O)CCCCC1. The third-order valence-corrected chi connectivity index (χ3v) is 4.73. The molecule has 1 saturated carbocycles. The van der Waals surface area contributed by atoms with Crippen LogP contribution in [0.2, 0.25) is 0 Å². The first-order valence-electron chi connectivity index (χ1n) is 6.90. The third-order valence-electron chi connectivity index (χ3n) is 3.85. The zero-order chi connectivity index (χ0) is 14.4. The monoisotopic (exact) mass is 296 g/mol. The van der Waals surface area contributed by atoms with Crippen LogP contribution in [0.4, 0.5) is 4.79 Å². The molecule has 3 N–H and O–H groups in total. The molecule has 6 heteroatoms. The molecule has 1 aliphatic rings. The number of thiophene rings is 1. The van der Waals surface area contributed by atoms with Crippen LogP contribution in [0.3, 0.4) is 0 Å². The van der Waals surface area contributed by atoms with E-state index in [4.69, 9.17) is 0 Å². The highest BCUT2D eigenvalue weighted by atomic mass is 32.1. The highest BCUT2D eigenvalue weighted by Crippen LogP contribution is 2.35. The van der Waals surface area contributed by atoms with Crippen LogP contribution in [0.15, 0.2) is 17.5 Å². The van der Waals surface area contributed by atoms with E-state index in [1.54, 1.807) is 11.3 Å². The first-order chi connectivity index (χ1) is 9.62. The third kappa shape index (κ3) is 3.72. The maximum Gasteiger partial charge on any atom is 0.315 e. The van der Waals surface area contributed by atoms with Crippen molar-refractivity contribution in [2.24, 2.45) is 5.41 Å². The zero-order valence-corrected chi connectivity index (χ0v) is 12.2. The summed E-state index contributed by atoms with van der Waals surface area (Å²) >= 11 is 1.58. The quantitative estimate of drug-likeness (QED) is 0.781. The lowest BCUT2D eigenvalue weighted by Crippen LogP contribution is -2.47. The number of amides is 2. The summed E-state index contributed by atoms with van der Waals surface area (Å²) in [4.78, 5) is 24.3. The predicted octanol–water partition coefficient (Wildman–Crippen LogP) is 2.58. The Bertz CT molecular complexity index is 453. The van der Waals surface area contributed by atoms with Crippen LogP contribution < -0.4 is 10.6 Å². The second-order valence-corrected chi connectivity index (χ2v) is 6.29. The van der Waals surface area contributed by atoms with E-state index in [-0.39, 0.29) is 12.6 Å². The number of nitrogens with one attached hydrogen (secondary N) is 2. The second kappa shape index (κ2) is 6.74. The molecule has 0 atom stereocenters. The second-order valence-electron chi connectivity index (χ2n) is 5.26. The van der Waals surface area contributed by atoms with Crippen LogP contribution in [0, 0.1) is 5.41 Å². The largest absolute Gasteiger partial charge is 0.481 e. The van der Waals surface area contributed by atoms with E-state index in [0.717, 1.165) is 24.1 Å². The molecule has 0 spiro atoms. The normalized spacial score (nSPS) is 17.4. The molecule has 110 valence electrons. The van der Waals surface area contributed by atoms with Crippen molar-refractivity contribution < 1.29 is 14.7 Å². The van der Waals surface area contributed by atoms with Gasteiger partial charge < -0.3 is 15.7 Å². The summed E-state index contributed by atoms with van der Waals surface area (Å²) in [6, 6.07) is 3.58. The van der Waals surface area contributed by atoms with E-state index in [1.807, 2.05) is 17.5 Å². The van der Waals surface area contributed by atoms with Gasteiger partial charge in [-0.25, -0.2) is 4.79 Å². The minimum absolute atomic E-state index is 0.207. The molecule has 0 aliphatic heterocycles. The van der Waals surface area contributed by atoms with Crippen molar-refractivity contribution in [2.45, 2.75) is 38.6 Å². The molecule has 1 aromatic heterocycles. The molecular weight excluding hydrogens is 276 g/mol. The van der Waals surface area contributed by atoms with Crippen LogP contribution in [-0.4, -0.2) is 23.7 Å². The van der Waals surface area contributed by atoms with E-state index in [0.29, 0.717) is 19.4 Å². The lowest BCUT2D eigenvalue weighted by atomic mass is 9.74. The van der Waals surface area contributed by atoms with Gasteiger partial charge in [0.25, 0.3) is 0 Å². The van der Waals surface area contributed by atoms with E-state index in [2.05, 4.69) is 10.6 Å². The first kappa shape index (κ1) is 14.8. The van der Waals surface area contributed by atoms with Crippen LogP contribution in [0.1, 0.15) is 37.0 Å². The number of rotatable bonds is 5. The summed E-state index contributed by atoms with van der Waals surface area (Å²) in [5, 5.41) is 16.8. The summed E-state index contributed by atoms with van der Waals surface area (Å²) < 4.78 is 0. The number of carbonyl (C=O) groups excluding carboxylic acids is 1. The lowest BCUT2D eigenvalue weighted by molar-refractivity contribution is -0.150. The van der Waals surface area contributed by atoms with Crippen LogP contribution in [0.5, 0.6) is 0 Å². The number of urea groups is 1. The van der Waals surface area contributed by atoms with E-state index >= 15 is 0 Å². The predicted molar refractivity (Wildman–Crippen MR) is 77.7 cm³/mol. The molecule has 0 bridgehead atoms. The van der Waals surface area contributed by atoms with Gasteiger partial charge in [0.15, 0.2) is 0 Å². The van der Waals surface area contributed by atoms with Gasteiger partial charge in [-0.1, -0.05) is 25.3 Å². The number of carboxylic acid groups (broad SMARTS) is 1. The van der Waals surface area contributed by atoms with Crippen molar-refractivity contribution in [3.05, 3.63) is 22.4 Å². The Morgan fingerprint density at radius 3 is 2.60 bits per heavy atom. The van der Waals surface area contributed by atoms with Gasteiger partial charge in [0.1, 0.15) is 0 Å². The molecule has 1 fully saturated rings. The Hall–Kier alpha value is -1.56. The van der Waals surface area contributed by atoms with Crippen LogP contribution in [0.25, 0.3) is 0 Å². The lowest BCUT2D eigenvalue weighted by Gasteiger charge is -2.33. The van der Waals surface area contributed by atoms with Gasteiger partial charge in [-0.2, -0.15) is 0 Å². The molecule has 2 rings (SSSR count). The zero-order valence-electron chi connectivity index (χ0n) is 11.4. The molecule has 0 aromatic carbocycles. The fraction of sp³-hybridized carbons (Fsp3) is 0.571. The molecule has 0 radical (unpaired) electrons. The summed E-state index contributed by atoms with van der Waals surface area (Å²) in [7, 11) is 0. The molecule has 0 saturated heterocycles. The molecule has 5 nitrogen and oxygen atoms in total. The van der Waals surface area contributed by atoms with Crippen molar-refractivity contribution >= 4 is 23.3 Å². The summed E-state index contributed by atoms with van der Waals surface area (Å²) in [6.45, 7) is 0.683. The van der Waals surface area contributed by atoms with E-state index in [9.17, 15) is 14.7 Å².